The van der Waals surface area contributed by atoms with Crippen molar-refractivity contribution in [2.24, 2.45) is 4.99 Å². The number of nitrogens with one attached hydrogen (secondary N) is 1. The van der Waals surface area contributed by atoms with E-state index in [1.807, 2.05) is 12.2 Å². The predicted octanol–water partition coefficient (Wildman–Crippen LogP) is 1.18. The van der Waals surface area contributed by atoms with Gasteiger partial charge in [-0.1, -0.05) is 18.7 Å². The minimum Gasteiger partial charge on any atom is -0.465 e. The second-order valence-corrected chi connectivity index (χ2v) is 2.94. The highest BCUT2D eigenvalue weighted by atomic mass is 16.5. The molecule has 0 aromatic heterocycles. The molecule has 0 radical (unpaired) electrons. The number of aliphatic imine (C=N–C) groups is 1. The van der Waals surface area contributed by atoms with E-state index in [1.165, 1.54) is 7.11 Å². The Morgan fingerprint density at radius 3 is 3.00 bits per heavy atom. The lowest BCUT2D eigenvalue weighted by molar-refractivity contribution is -0.135. The van der Waals surface area contributed by atoms with Gasteiger partial charge in [0.2, 0.25) is 0 Å². The van der Waals surface area contributed by atoms with Crippen LogP contribution in [0, 0.1) is 0 Å². The molecule has 1 N–H and O–H groups in total. The van der Waals surface area contributed by atoms with Crippen LogP contribution in [0.3, 0.4) is 0 Å². The van der Waals surface area contributed by atoms with Gasteiger partial charge >= 0.3 is 5.97 Å². The third-order valence-electron chi connectivity index (χ3n) is 2.03. The predicted molar refractivity (Wildman–Crippen MR) is 59.5 cm³/mol. The van der Waals surface area contributed by atoms with E-state index in [0.29, 0.717) is 17.0 Å². The van der Waals surface area contributed by atoms with Crippen LogP contribution >= 0.6 is 0 Å². The van der Waals surface area contributed by atoms with E-state index in [4.69, 9.17) is 0 Å². The molecule has 0 saturated heterocycles. The molecule has 1 rings (SSSR count). The first-order chi connectivity index (χ1) is 7.20. The smallest absolute Gasteiger partial charge is 0.337 e. The summed E-state index contributed by atoms with van der Waals surface area (Å²) < 4.78 is 4.62. The Labute approximate surface area is 89.0 Å². The summed E-state index contributed by atoms with van der Waals surface area (Å²) in [6.45, 7) is 3.70. The van der Waals surface area contributed by atoms with E-state index in [-0.39, 0.29) is 0 Å². The molecule has 1 heterocycles. The summed E-state index contributed by atoms with van der Waals surface area (Å²) in [6.07, 6.45) is 6.34. The second kappa shape index (κ2) is 5.14. The zero-order valence-corrected chi connectivity index (χ0v) is 8.91. The van der Waals surface area contributed by atoms with Crippen LogP contribution in [0.4, 0.5) is 0 Å². The first-order valence-corrected chi connectivity index (χ1v) is 4.57. The number of ether oxygens (including phenoxy) is 1. The largest absolute Gasteiger partial charge is 0.465 e. The number of carbonyl (C=O) groups excluding carboxylic acids is 1. The molecule has 4 heteroatoms. The Morgan fingerprint density at radius 2 is 2.40 bits per heavy atom. The molecule has 0 unspecified atom stereocenters. The first kappa shape index (κ1) is 11.2. The van der Waals surface area contributed by atoms with Gasteiger partial charge in [0, 0.05) is 12.6 Å². The van der Waals surface area contributed by atoms with Crippen LogP contribution < -0.4 is 5.32 Å². The maximum absolute atomic E-state index is 11.3. The molecule has 0 saturated carbocycles. The molecule has 0 amide bonds. The Bertz CT molecular complexity index is 365. The molecule has 1 aliphatic heterocycles. The number of esters is 1. The van der Waals surface area contributed by atoms with Crippen LogP contribution in [0.25, 0.3) is 0 Å². The summed E-state index contributed by atoms with van der Waals surface area (Å²) in [7, 11) is 2.99. The van der Waals surface area contributed by atoms with Gasteiger partial charge in [0.25, 0.3) is 0 Å². The van der Waals surface area contributed by atoms with Crippen molar-refractivity contribution in [3.8, 4) is 0 Å². The fourth-order valence-electron chi connectivity index (χ4n) is 1.25. The number of hydrogen-bond donors (Lipinski definition) is 1. The summed E-state index contributed by atoms with van der Waals surface area (Å²) >= 11 is 0. The average Bonchev–Trinajstić information content (AvgIpc) is 2.51. The highest BCUT2D eigenvalue weighted by Gasteiger charge is 2.17. The normalized spacial score (nSPS) is 17.7. The number of hydrogen-bond acceptors (Lipinski definition) is 3. The zero-order valence-electron chi connectivity index (χ0n) is 8.91. The Balaban J connectivity index is 2.97. The molecule has 0 aliphatic carbocycles. The Hall–Kier alpha value is -1.84. The molecule has 0 aromatic rings. The summed E-state index contributed by atoms with van der Waals surface area (Å²) in [5.74, 6) is 0.185. The number of carbonyl (C=O) groups is 1. The van der Waals surface area contributed by atoms with E-state index >= 15 is 0 Å². The van der Waals surface area contributed by atoms with Gasteiger partial charge < -0.3 is 10.1 Å². The molecule has 80 valence electrons. The quantitative estimate of drug-likeness (QED) is 0.545. The van der Waals surface area contributed by atoms with Gasteiger partial charge in [-0.3, -0.25) is 4.99 Å². The van der Waals surface area contributed by atoms with Gasteiger partial charge in [0.1, 0.15) is 5.84 Å². The number of allylic oxidation sites excluding steroid dienone is 2. The van der Waals surface area contributed by atoms with Gasteiger partial charge in [0.15, 0.2) is 0 Å². The number of methoxy groups -OCH3 is 1. The highest BCUT2D eigenvalue weighted by molar-refractivity contribution is 6.11. The van der Waals surface area contributed by atoms with Crippen molar-refractivity contribution < 1.29 is 9.53 Å². The van der Waals surface area contributed by atoms with Crippen LogP contribution in [-0.2, 0) is 9.53 Å². The topological polar surface area (TPSA) is 50.7 Å². The fraction of sp³-hybridized carbons (Fsp3) is 0.273. The van der Waals surface area contributed by atoms with Crippen LogP contribution in [0.1, 0.15) is 6.42 Å². The lowest BCUT2D eigenvalue weighted by Gasteiger charge is -2.10. The maximum Gasteiger partial charge on any atom is 0.337 e. The molecule has 1 aliphatic rings. The lowest BCUT2D eigenvalue weighted by atomic mass is 10.1. The maximum atomic E-state index is 11.3. The number of rotatable bonds is 2. The van der Waals surface area contributed by atoms with E-state index < -0.39 is 5.97 Å². The minimum absolute atomic E-state index is 0.314. The van der Waals surface area contributed by atoms with Crippen molar-refractivity contribution in [3.63, 3.8) is 0 Å². The molecule has 0 fully saturated rings. The fourth-order valence-corrected chi connectivity index (χ4v) is 1.25. The molecule has 15 heavy (non-hydrogen) atoms. The van der Waals surface area contributed by atoms with E-state index in [0.717, 1.165) is 6.42 Å². The molecule has 0 aromatic carbocycles. The van der Waals surface area contributed by atoms with E-state index in [2.05, 4.69) is 21.6 Å². The summed E-state index contributed by atoms with van der Waals surface area (Å²) in [5.41, 5.74) is 1.00. The van der Waals surface area contributed by atoms with Crippen molar-refractivity contribution in [3.05, 3.63) is 36.1 Å². The van der Waals surface area contributed by atoms with Gasteiger partial charge in [-0.05, 0) is 12.6 Å². The number of nitrogens with zero attached hydrogens (tertiary/aromatic N) is 1. The first-order valence-electron chi connectivity index (χ1n) is 4.57. The minimum atomic E-state index is -0.439. The summed E-state index contributed by atoms with van der Waals surface area (Å²) in [5, 5.41) is 2.97. The van der Waals surface area contributed by atoms with Gasteiger partial charge in [-0.15, -0.1) is 0 Å². The van der Waals surface area contributed by atoms with Crippen LogP contribution in [0.2, 0.25) is 0 Å². The van der Waals surface area contributed by atoms with Gasteiger partial charge in [-0.2, -0.15) is 0 Å². The van der Waals surface area contributed by atoms with Crippen LogP contribution in [0.5, 0.6) is 0 Å². The number of amidine groups is 1. The van der Waals surface area contributed by atoms with Crippen molar-refractivity contribution in [1.29, 1.82) is 0 Å². The molecular formula is C11H14N2O2. The Morgan fingerprint density at radius 1 is 1.67 bits per heavy atom. The Kier molecular flexibility index (Phi) is 3.85. The van der Waals surface area contributed by atoms with Crippen LogP contribution in [0.15, 0.2) is 41.1 Å². The standard InChI is InChI=1S/C11H14N2O2/c1-8(11(14)15-3)9-6-4-5-7-13-10(9)12-2/h5-7H,1,4H2,2-3H3,(H,12,13). The van der Waals surface area contributed by atoms with E-state index in [1.54, 1.807) is 13.2 Å². The highest BCUT2D eigenvalue weighted by Crippen LogP contribution is 2.14. The van der Waals surface area contributed by atoms with Crippen molar-refractivity contribution >= 4 is 11.8 Å². The summed E-state index contributed by atoms with van der Waals surface area (Å²) in [4.78, 5) is 15.4. The molecular weight excluding hydrogens is 192 g/mol. The summed E-state index contributed by atoms with van der Waals surface area (Å²) in [6, 6.07) is 0. The SMILES string of the molecule is C=C(C(=O)OC)C1=CCC=CNC1=NC. The molecule has 4 nitrogen and oxygen atoms in total. The molecule has 0 atom stereocenters. The lowest BCUT2D eigenvalue weighted by Crippen LogP contribution is -2.22. The van der Waals surface area contributed by atoms with E-state index in [9.17, 15) is 4.79 Å². The molecule has 0 spiro atoms. The van der Waals surface area contributed by atoms with Crippen molar-refractivity contribution in [2.75, 3.05) is 14.2 Å². The van der Waals surface area contributed by atoms with Crippen molar-refractivity contribution in [1.82, 2.24) is 5.32 Å². The monoisotopic (exact) mass is 206 g/mol. The third kappa shape index (κ3) is 2.56. The third-order valence-corrected chi connectivity index (χ3v) is 2.03. The second-order valence-electron chi connectivity index (χ2n) is 2.94. The van der Waals surface area contributed by atoms with Gasteiger partial charge in [-0.25, -0.2) is 4.79 Å². The van der Waals surface area contributed by atoms with Gasteiger partial charge in [0.05, 0.1) is 12.7 Å². The zero-order chi connectivity index (χ0) is 11.3. The average molecular weight is 206 g/mol. The van der Waals surface area contributed by atoms with Crippen molar-refractivity contribution in [2.45, 2.75) is 6.42 Å². The van der Waals surface area contributed by atoms with Crippen LogP contribution in [-0.4, -0.2) is 26.0 Å². The molecule has 0 bridgehead atoms.